The lowest BCUT2D eigenvalue weighted by molar-refractivity contribution is 0.126. The number of rotatable bonds is 2. The molecule has 76 valence electrons. The Hall–Kier alpha value is -1.86. The van der Waals surface area contributed by atoms with Crippen molar-refractivity contribution in [2.45, 2.75) is 19.6 Å². The van der Waals surface area contributed by atoms with E-state index in [2.05, 4.69) is 4.98 Å². The second-order valence-electron chi connectivity index (χ2n) is 3.35. The molecule has 1 unspecified atom stereocenters. The molecule has 2 aromatic rings. The largest absolute Gasteiger partial charge is 0.374 e. The predicted octanol–water partition coefficient (Wildman–Crippen LogP) is 1.61. The van der Waals surface area contributed by atoms with Crippen LogP contribution in [0.1, 0.15) is 19.0 Å². The smallest absolute Gasteiger partial charge is 0.129 e. The Morgan fingerprint density at radius 3 is 2.93 bits per heavy atom. The highest BCUT2D eigenvalue weighted by molar-refractivity contribution is 5.76. The molecule has 0 aliphatic carbocycles. The molecule has 0 saturated carbocycles. The summed E-state index contributed by atoms with van der Waals surface area (Å²) in [5.74, 6) is 0.605. The maximum absolute atomic E-state index is 9.63. The van der Waals surface area contributed by atoms with E-state index in [4.69, 9.17) is 5.26 Å². The third-order valence-corrected chi connectivity index (χ3v) is 2.28. The van der Waals surface area contributed by atoms with Crippen molar-refractivity contribution in [3.8, 4) is 6.07 Å². The van der Waals surface area contributed by atoms with E-state index in [1.165, 1.54) is 0 Å². The van der Waals surface area contributed by atoms with Gasteiger partial charge >= 0.3 is 0 Å². The van der Waals surface area contributed by atoms with Crippen molar-refractivity contribution in [1.82, 2.24) is 9.55 Å². The summed E-state index contributed by atoms with van der Waals surface area (Å²) in [6.45, 7) is 1.66. The number of benzene rings is 1. The molecule has 0 bridgehead atoms. The number of imidazole rings is 1. The number of aliphatic hydroxyl groups excluding tert-OH is 1. The fraction of sp³-hybridized carbons (Fsp3) is 0.273. The Morgan fingerprint density at radius 2 is 2.27 bits per heavy atom. The van der Waals surface area contributed by atoms with Gasteiger partial charge in [0.05, 0.1) is 23.5 Å². The topological polar surface area (TPSA) is 61.8 Å². The summed E-state index contributed by atoms with van der Waals surface area (Å²) < 4.78 is 1.68. The van der Waals surface area contributed by atoms with Gasteiger partial charge in [-0.2, -0.15) is 5.26 Å². The molecule has 0 fully saturated rings. The second kappa shape index (κ2) is 3.71. The highest BCUT2D eigenvalue weighted by Crippen LogP contribution is 2.19. The van der Waals surface area contributed by atoms with E-state index >= 15 is 0 Å². The van der Waals surface area contributed by atoms with Gasteiger partial charge in [-0.15, -0.1) is 0 Å². The van der Waals surface area contributed by atoms with Crippen LogP contribution in [0.25, 0.3) is 11.0 Å². The van der Waals surface area contributed by atoms with Gasteiger partial charge in [-0.1, -0.05) is 12.1 Å². The van der Waals surface area contributed by atoms with Crippen LogP contribution in [0.5, 0.6) is 0 Å². The van der Waals surface area contributed by atoms with Crippen LogP contribution in [-0.2, 0) is 6.42 Å². The molecule has 1 atom stereocenters. The molecule has 15 heavy (non-hydrogen) atoms. The first-order valence-corrected chi connectivity index (χ1v) is 4.75. The standard InChI is InChI=1S/C11H11N3O/c1-8(15)14-10-5-3-2-4-9(10)13-11(14)6-7-12/h2-5,8,15H,6H2,1H3. The molecular formula is C11H11N3O. The van der Waals surface area contributed by atoms with Crippen LogP contribution in [0.4, 0.5) is 0 Å². The van der Waals surface area contributed by atoms with Crippen LogP contribution in [0, 0.1) is 11.3 Å². The summed E-state index contributed by atoms with van der Waals surface area (Å²) in [4.78, 5) is 4.30. The summed E-state index contributed by atoms with van der Waals surface area (Å²) in [5, 5.41) is 18.3. The number of fused-ring (bicyclic) bond motifs is 1. The SMILES string of the molecule is CC(O)n1c(CC#N)nc2ccccc21. The van der Waals surface area contributed by atoms with Crippen molar-refractivity contribution in [2.75, 3.05) is 0 Å². The lowest BCUT2D eigenvalue weighted by Crippen LogP contribution is -2.07. The molecule has 0 spiro atoms. The van der Waals surface area contributed by atoms with Crippen LogP contribution in [0.3, 0.4) is 0 Å². The number of hydrogen-bond acceptors (Lipinski definition) is 3. The quantitative estimate of drug-likeness (QED) is 0.802. The minimum Gasteiger partial charge on any atom is -0.374 e. The van der Waals surface area contributed by atoms with E-state index in [0.29, 0.717) is 5.82 Å². The van der Waals surface area contributed by atoms with Crippen molar-refractivity contribution in [3.63, 3.8) is 0 Å². The number of nitriles is 1. The summed E-state index contributed by atoms with van der Waals surface area (Å²) in [5.41, 5.74) is 1.67. The van der Waals surface area contributed by atoms with Crippen molar-refractivity contribution in [1.29, 1.82) is 5.26 Å². The average molecular weight is 201 g/mol. The van der Waals surface area contributed by atoms with E-state index in [9.17, 15) is 5.11 Å². The number of aliphatic hydroxyl groups is 1. The van der Waals surface area contributed by atoms with Crippen LogP contribution < -0.4 is 0 Å². The van der Waals surface area contributed by atoms with Gasteiger partial charge in [-0.05, 0) is 19.1 Å². The van der Waals surface area contributed by atoms with E-state index in [0.717, 1.165) is 11.0 Å². The minimum atomic E-state index is -0.666. The molecule has 0 aliphatic heterocycles. The van der Waals surface area contributed by atoms with Crippen molar-refractivity contribution in [3.05, 3.63) is 30.1 Å². The fourth-order valence-corrected chi connectivity index (χ4v) is 1.71. The normalized spacial score (nSPS) is 12.6. The molecular weight excluding hydrogens is 190 g/mol. The Morgan fingerprint density at radius 1 is 1.53 bits per heavy atom. The van der Waals surface area contributed by atoms with Gasteiger partial charge in [0.1, 0.15) is 12.1 Å². The molecule has 2 rings (SSSR count). The Kier molecular flexibility index (Phi) is 2.40. The third-order valence-electron chi connectivity index (χ3n) is 2.28. The molecule has 1 heterocycles. The van der Waals surface area contributed by atoms with Crippen molar-refractivity contribution in [2.24, 2.45) is 0 Å². The van der Waals surface area contributed by atoms with E-state index in [1.807, 2.05) is 30.3 Å². The molecule has 4 heteroatoms. The first kappa shape index (κ1) is 9.69. The Balaban J connectivity index is 2.70. The Labute approximate surface area is 87.4 Å². The molecule has 0 aliphatic rings. The minimum absolute atomic E-state index is 0.208. The molecule has 0 amide bonds. The number of aromatic nitrogens is 2. The summed E-state index contributed by atoms with van der Waals surface area (Å²) in [7, 11) is 0. The monoisotopic (exact) mass is 201 g/mol. The molecule has 1 aromatic carbocycles. The van der Waals surface area contributed by atoms with Crippen LogP contribution in [0.2, 0.25) is 0 Å². The summed E-state index contributed by atoms with van der Waals surface area (Å²) in [6, 6.07) is 9.58. The lowest BCUT2D eigenvalue weighted by atomic mass is 10.3. The first-order valence-electron chi connectivity index (χ1n) is 4.75. The number of para-hydroxylation sites is 2. The second-order valence-corrected chi connectivity index (χ2v) is 3.35. The van der Waals surface area contributed by atoms with Gasteiger partial charge in [-0.3, -0.25) is 0 Å². The highest BCUT2D eigenvalue weighted by atomic mass is 16.3. The van der Waals surface area contributed by atoms with Gasteiger partial charge in [0, 0.05) is 0 Å². The van der Waals surface area contributed by atoms with Gasteiger partial charge in [0.2, 0.25) is 0 Å². The maximum Gasteiger partial charge on any atom is 0.129 e. The van der Waals surface area contributed by atoms with Crippen LogP contribution >= 0.6 is 0 Å². The molecule has 1 N–H and O–H groups in total. The van der Waals surface area contributed by atoms with Gasteiger partial charge in [-0.25, -0.2) is 4.98 Å². The predicted molar refractivity (Wildman–Crippen MR) is 56.0 cm³/mol. The molecule has 4 nitrogen and oxygen atoms in total. The van der Waals surface area contributed by atoms with E-state index < -0.39 is 6.23 Å². The Bertz CT molecular complexity index is 522. The van der Waals surface area contributed by atoms with E-state index in [-0.39, 0.29) is 6.42 Å². The summed E-state index contributed by atoms with van der Waals surface area (Å²) in [6.07, 6.45) is -0.458. The van der Waals surface area contributed by atoms with Gasteiger partial charge < -0.3 is 9.67 Å². The molecule has 0 radical (unpaired) electrons. The van der Waals surface area contributed by atoms with Crippen molar-refractivity contribution < 1.29 is 5.11 Å². The average Bonchev–Trinajstić information content (AvgIpc) is 2.56. The zero-order chi connectivity index (χ0) is 10.8. The van der Waals surface area contributed by atoms with Crippen molar-refractivity contribution >= 4 is 11.0 Å². The summed E-state index contributed by atoms with van der Waals surface area (Å²) >= 11 is 0. The highest BCUT2D eigenvalue weighted by Gasteiger charge is 2.12. The van der Waals surface area contributed by atoms with Crippen LogP contribution in [-0.4, -0.2) is 14.7 Å². The number of hydrogen-bond donors (Lipinski definition) is 1. The molecule has 0 saturated heterocycles. The number of nitrogens with zero attached hydrogens (tertiary/aromatic N) is 3. The molecule has 1 aromatic heterocycles. The first-order chi connectivity index (χ1) is 7.24. The van der Waals surface area contributed by atoms with E-state index in [1.54, 1.807) is 11.5 Å². The van der Waals surface area contributed by atoms with Gasteiger partial charge in [0.15, 0.2) is 0 Å². The van der Waals surface area contributed by atoms with Gasteiger partial charge in [0.25, 0.3) is 0 Å². The zero-order valence-electron chi connectivity index (χ0n) is 8.38. The zero-order valence-corrected chi connectivity index (χ0v) is 8.38. The maximum atomic E-state index is 9.63. The fourth-order valence-electron chi connectivity index (χ4n) is 1.71. The van der Waals surface area contributed by atoms with Crippen LogP contribution in [0.15, 0.2) is 24.3 Å². The third kappa shape index (κ3) is 1.58. The lowest BCUT2D eigenvalue weighted by Gasteiger charge is -2.09.